The second kappa shape index (κ2) is 7.15. The molecule has 27 heavy (non-hydrogen) atoms. The van der Waals surface area contributed by atoms with Crippen LogP contribution in [-0.4, -0.2) is 30.1 Å². The van der Waals surface area contributed by atoms with Gasteiger partial charge in [-0.25, -0.2) is 4.99 Å². The number of aliphatic imine (C=N–C) groups is 1. The van der Waals surface area contributed by atoms with E-state index in [1.54, 1.807) is 7.05 Å². The van der Waals surface area contributed by atoms with E-state index in [4.69, 9.17) is 9.47 Å². The van der Waals surface area contributed by atoms with Crippen molar-refractivity contribution in [2.45, 2.75) is 25.6 Å². The summed E-state index contributed by atoms with van der Waals surface area (Å²) in [4.78, 5) is 19.5. The number of H-pyrrole nitrogens is 1. The zero-order valence-corrected chi connectivity index (χ0v) is 15.2. The van der Waals surface area contributed by atoms with Crippen molar-refractivity contribution in [1.82, 2.24) is 10.3 Å². The highest BCUT2D eigenvalue weighted by molar-refractivity contribution is 6.03. The van der Waals surface area contributed by atoms with Crippen molar-refractivity contribution in [3.8, 4) is 5.75 Å². The molecule has 2 heterocycles. The van der Waals surface area contributed by atoms with Crippen molar-refractivity contribution in [3.05, 3.63) is 65.9 Å². The van der Waals surface area contributed by atoms with Crippen molar-refractivity contribution in [2.24, 2.45) is 4.99 Å². The summed E-state index contributed by atoms with van der Waals surface area (Å²) in [6.45, 7) is 2.45. The minimum absolute atomic E-state index is 0.167. The highest BCUT2D eigenvalue weighted by Gasteiger charge is 2.37. The maximum absolute atomic E-state index is 12.3. The molecule has 0 spiro atoms. The lowest BCUT2D eigenvalue weighted by Crippen LogP contribution is -2.28. The Morgan fingerprint density at radius 1 is 1.19 bits per heavy atom. The van der Waals surface area contributed by atoms with Crippen molar-refractivity contribution in [1.29, 1.82) is 0 Å². The molecule has 6 heteroatoms. The Labute approximate surface area is 157 Å². The van der Waals surface area contributed by atoms with E-state index < -0.39 is 6.10 Å². The van der Waals surface area contributed by atoms with Crippen LogP contribution in [0.4, 0.5) is 0 Å². The lowest BCUT2D eigenvalue weighted by atomic mass is 9.94. The summed E-state index contributed by atoms with van der Waals surface area (Å²) >= 11 is 0. The Balaban J connectivity index is 1.65. The van der Waals surface area contributed by atoms with Crippen LogP contribution in [0.25, 0.3) is 10.9 Å². The van der Waals surface area contributed by atoms with E-state index in [9.17, 15) is 4.79 Å². The summed E-state index contributed by atoms with van der Waals surface area (Å²) in [5.74, 6) is 0.432. The molecule has 3 aromatic rings. The molecule has 2 aromatic carbocycles. The van der Waals surface area contributed by atoms with Gasteiger partial charge in [-0.05, 0) is 23.3 Å². The average Bonchev–Trinajstić information content (AvgIpc) is 3.30. The number of nitrogens with zero attached hydrogens (tertiary/aromatic N) is 1. The Kier molecular flexibility index (Phi) is 4.54. The second-order valence-corrected chi connectivity index (χ2v) is 6.54. The molecule has 0 bridgehead atoms. The van der Waals surface area contributed by atoms with Gasteiger partial charge in [-0.2, -0.15) is 0 Å². The van der Waals surface area contributed by atoms with Crippen LogP contribution in [0.15, 0.2) is 59.7 Å². The third kappa shape index (κ3) is 3.26. The summed E-state index contributed by atoms with van der Waals surface area (Å²) in [7, 11) is 1.59. The molecule has 0 saturated carbocycles. The monoisotopic (exact) mass is 363 g/mol. The molecule has 1 fully saturated rings. The Hall–Kier alpha value is -3.28. The van der Waals surface area contributed by atoms with Gasteiger partial charge < -0.3 is 14.5 Å². The van der Waals surface area contributed by atoms with E-state index in [-0.39, 0.29) is 17.8 Å². The molecular weight excluding hydrogens is 342 g/mol. The fourth-order valence-corrected chi connectivity index (χ4v) is 3.37. The zero-order valence-electron chi connectivity index (χ0n) is 15.2. The van der Waals surface area contributed by atoms with Crippen LogP contribution in [-0.2, 0) is 16.1 Å². The topological polar surface area (TPSA) is 75.7 Å². The number of fused-ring (bicyclic) bond motifs is 1. The lowest BCUT2D eigenvalue weighted by molar-refractivity contribution is -0.124. The average molecular weight is 363 g/mol. The number of amidine groups is 1. The number of carbonyl (C=O) groups is 1. The number of nitrogens with one attached hydrogen (secondary N) is 2. The molecule has 1 aliphatic rings. The number of aromatic amines is 1. The fraction of sp³-hybridized carbons (Fsp3) is 0.238. The standard InChI is InChI=1S/C21H21N3O3/c1-13(19-20(25)24-21(22-2)27-19)15-11-23-16-9-6-10-17(18(15)16)26-12-14-7-4-3-5-8-14/h3-11,13,19,23H,12H2,1-2H3,(H,22,24,25). The highest BCUT2D eigenvalue weighted by Crippen LogP contribution is 2.36. The molecule has 138 valence electrons. The molecule has 1 saturated heterocycles. The third-order valence-corrected chi connectivity index (χ3v) is 4.81. The number of hydrogen-bond donors (Lipinski definition) is 2. The van der Waals surface area contributed by atoms with Crippen LogP contribution >= 0.6 is 0 Å². The first-order chi connectivity index (χ1) is 13.2. The van der Waals surface area contributed by atoms with Crippen molar-refractivity contribution in [3.63, 3.8) is 0 Å². The first-order valence-electron chi connectivity index (χ1n) is 8.88. The molecule has 0 radical (unpaired) electrons. The van der Waals surface area contributed by atoms with Crippen molar-refractivity contribution >= 4 is 22.8 Å². The van der Waals surface area contributed by atoms with Gasteiger partial charge in [0.1, 0.15) is 12.4 Å². The summed E-state index contributed by atoms with van der Waals surface area (Å²) in [5, 5.41) is 3.62. The van der Waals surface area contributed by atoms with Gasteiger partial charge in [0.25, 0.3) is 11.9 Å². The van der Waals surface area contributed by atoms with Crippen LogP contribution in [0.5, 0.6) is 5.75 Å². The van der Waals surface area contributed by atoms with E-state index in [0.29, 0.717) is 6.61 Å². The van der Waals surface area contributed by atoms with E-state index in [1.165, 1.54) is 0 Å². The molecule has 4 rings (SSSR count). The minimum Gasteiger partial charge on any atom is -0.488 e. The Morgan fingerprint density at radius 2 is 2.00 bits per heavy atom. The Bertz CT molecular complexity index is 994. The number of carbonyl (C=O) groups excluding carboxylic acids is 1. The molecule has 2 atom stereocenters. The van der Waals surface area contributed by atoms with Crippen LogP contribution in [0, 0.1) is 0 Å². The number of ether oxygens (including phenoxy) is 2. The second-order valence-electron chi connectivity index (χ2n) is 6.54. The van der Waals surface area contributed by atoms with E-state index >= 15 is 0 Å². The normalized spacial score (nSPS) is 19.1. The highest BCUT2D eigenvalue weighted by atomic mass is 16.5. The lowest BCUT2D eigenvalue weighted by Gasteiger charge is -2.17. The molecule has 1 amide bonds. The van der Waals surface area contributed by atoms with Crippen molar-refractivity contribution in [2.75, 3.05) is 7.05 Å². The van der Waals surface area contributed by atoms with Gasteiger partial charge in [-0.3, -0.25) is 10.1 Å². The van der Waals surface area contributed by atoms with Gasteiger partial charge in [0.15, 0.2) is 6.10 Å². The Morgan fingerprint density at radius 3 is 2.74 bits per heavy atom. The molecule has 6 nitrogen and oxygen atoms in total. The van der Waals surface area contributed by atoms with Gasteiger partial charge in [-0.15, -0.1) is 0 Å². The molecule has 2 N–H and O–H groups in total. The summed E-state index contributed by atoms with van der Waals surface area (Å²) in [6.07, 6.45) is 1.30. The summed E-state index contributed by atoms with van der Waals surface area (Å²) < 4.78 is 11.8. The fourth-order valence-electron chi connectivity index (χ4n) is 3.37. The maximum Gasteiger partial charge on any atom is 0.292 e. The van der Waals surface area contributed by atoms with E-state index in [2.05, 4.69) is 15.3 Å². The third-order valence-electron chi connectivity index (χ3n) is 4.81. The minimum atomic E-state index is -0.620. The molecule has 0 aliphatic carbocycles. The van der Waals surface area contributed by atoms with Gasteiger partial charge in [0.2, 0.25) is 0 Å². The molecular formula is C21H21N3O3. The summed E-state index contributed by atoms with van der Waals surface area (Å²) in [5.41, 5.74) is 3.04. The van der Waals surface area contributed by atoms with Gasteiger partial charge >= 0.3 is 0 Å². The predicted octanol–water partition coefficient (Wildman–Crippen LogP) is 3.35. The van der Waals surface area contributed by atoms with Gasteiger partial charge in [0.05, 0.1) is 0 Å². The molecule has 2 unspecified atom stereocenters. The summed E-state index contributed by atoms with van der Waals surface area (Å²) in [6, 6.07) is 16.2. The first kappa shape index (κ1) is 17.1. The van der Waals surface area contributed by atoms with Crippen LogP contribution in [0.2, 0.25) is 0 Å². The smallest absolute Gasteiger partial charge is 0.292 e. The van der Waals surface area contributed by atoms with Crippen LogP contribution in [0.1, 0.15) is 24.0 Å². The SMILES string of the molecule is CN=C1NC(=O)C(C(C)c2c[nH]c3cccc(OCc4ccccc4)c23)O1. The van der Waals surface area contributed by atoms with Gasteiger partial charge in [-0.1, -0.05) is 43.3 Å². The number of hydrogen-bond acceptors (Lipinski definition) is 4. The molecule has 1 aliphatic heterocycles. The van der Waals surface area contributed by atoms with Gasteiger partial charge in [0, 0.05) is 30.1 Å². The number of amides is 1. The van der Waals surface area contributed by atoms with Crippen molar-refractivity contribution < 1.29 is 14.3 Å². The predicted molar refractivity (Wildman–Crippen MR) is 104 cm³/mol. The first-order valence-corrected chi connectivity index (χ1v) is 8.88. The van der Waals surface area contributed by atoms with E-state index in [1.807, 2.05) is 61.7 Å². The zero-order chi connectivity index (χ0) is 18.8. The number of rotatable bonds is 5. The quantitative estimate of drug-likeness (QED) is 0.730. The van der Waals surface area contributed by atoms with E-state index in [0.717, 1.165) is 27.8 Å². The van der Waals surface area contributed by atoms with Crippen LogP contribution in [0.3, 0.4) is 0 Å². The number of aromatic nitrogens is 1. The maximum atomic E-state index is 12.3. The molecule has 1 aromatic heterocycles. The largest absolute Gasteiger partial charge is 0.488 e. The number of benzene rings is 2. The van der Waals surface area contributed by atoms with Crippen LogP contribution < -0.4 is 10.1 Å².